The number of aliphatic hydroxyl groups is 1. The molecule has 6 heteroatoms. The zero-order chi connectivity index (χ0) is 15.5. The van der Waals surface area contributed by atoms with Crippen LogP contribution in [-0.4, -0.2) is 64.3 Å². The minimum Gasteiger partial charge on any atom is -0.481 e. The van der Waals surface area contributed by atoms with Gasteiger partial charge in [0.05, 0.1) is 12.1 Å². The molecule has 0 radical (unpaired) electrons. The van der Waals surface area contributed by atoms with Gasteiger partial charge in [0.2, 0.25) is 0 Å². The Morgan fingerprint density at radius 3 is 2.62 bits per heavy atom. The van der Waals surface area contributed by atoms with Crippen molar-refractivity contribution in [2.24, 2.45) is 5.92 Å². The first kappa shape index (κ1) is 16.1. The van der Waals surface area contributed by atoms with Crippen molar-refractivity contribution in [1.82, 2.24) is 9.80 Å². The van der Waals surface area contributed by atoms with Crippen LogP contribution in [0.1, 0.15) is 44.9 Å². The van der Waals surface area contributed by atoms with E-state index in [4.69, 9.17) is 5.11 Å². The molecule has 1 unspecified atom stereocenters. The van der Waals surface area contributed by atoms with Crippen molar-refractivity contribution in [1.29, 1.82) is 0 Å². The number of carbonyl (C=O) groups is 2. The third-order valence-electron chi connectivity index (χ3n) is 4.72. The Hall–Kier alpha value is -1.30. The fourth-order valence-electron chi connectivity index (χ4n) is 3.51. The van der Waals surface area contributed by atoms with E-state index in [9.17, 15) is 14.7 Å². The minimum absolute atomic E-state index is 0.0480. The van der Waals surface area contributed by atoms with Crippen LogP contribution in [0, 0.1) is 5.92 Å². The molecule has 21 heavy (non-hydrogen) atoms. The lowest BCUT2D eigenvalue weighted by atomic mass is 10.0. The number of amides is 2. The topological polar surface area (TPSA) is 81.1 Å². The zero-order valence-corrected chi connectivity index (χ0v) is 12.8. The highest BCUT2D eigenvalue weighted by molar-refractivity contribution is 5.74. The lowest BCUT2D eigenvalue weighted by Gasteiger charge is -2.31. The van der Waals surface area contributed by atoms with Gasteiger partial charge in [-0.05, 0) is 31.6 Å². The molecule has 2 rings (SSSR count). The van der Waals surface area contributed by atoms with Gasteiger partial charge in [0.25, 0.3) is 0 Å². The third kappa shape index (κ3) is 4.33. The van der Waals surface area contributed by atoms with Crippen LogP contribution in [0.3, 0.4) is 0 Å². The van der Waals surface area contributed by atoms with Crippen molar-refractivity contribution in [3.63, 3.8) is 0 Å². The van der Waals surface area contributed by atoms with Gasteiger partial charge >= 0.3 is 12.0 Å². The van der Waals surface area contributed by atoms with E-state index in [0.717, 1.165) is 32.1 Å². The number of carboxylic acid groups (broad SMARTS) is 1. The molecule has 2 amide bonds. The lowest BCUT2D eigenvalue weighted by Crippen LogP contribution is -2.47. The Balaban J connectivity index is 1.79. The molecule has 1 aliphatic carbocycles. The Bertz CT molecular complexity index is 393. The molecule has 1 aliphatic heterocycles. The van der Waals surface area contributed by atoms with Crippen LogP contribution in [0.2, 0.25) is 0 Å². The summed E-state index contributed by atoms with van der Waals surface area (Å²) in [7, 11) is 1.74. The van der Waals surface area contributed by atoms with E-state index in [1.165, 1.54) is 0 Å². The Kier molecular flexibility index (Phi) is 5.08. The van der Waals surface area contributed by atoms with Gasteiger partial charge < -0.3 is 20.0 Å². The largest absolute Gasteiger partial charge is 0.481 e. The van der Waals surface area contributed by atoms with Gasteiger partial charge in [-0.1, -0.05) is 12.8 Å². The summed E-state index contributed by atoms with van der Waals surface area (Å²) >= 11 is 0. The van der Waals surface area contributed by atoms with Gasteiger partial charge in [0.1, 0.15) is 0 Å². The molecular formula is C15H26N2O4. The van der Waals surface area contributed by atoms with Gasteiger partial charge in [-0.25, -0.2) is 4.79 Å². The zero-order valence-electron chi connectivity index (χ0n) is 12.8. The molecule has 0 aromatic heterocycles. The number of urea groups is 1. The number of aliphatic carboxylic acids is 1. The van der Waals surface area contributed by atoms with E-state index in [0.29, 0.717) is 26.1 Å². The summed E-state index contributed by atoms with van der Waals surface area (Å²) < 4.78 is 0. The lowest BCUT2D eigenvalue weighted by molar-refractivity contribution is -0.137. The van der Waals surface area contributed by atoms with E-state index in [1.54, 1.807) is 16.8 Å². The number of rotatable bonds is 5. The first-order valence-electron chi connectivity index (χ1n) is 7.84. The summed E-state index contributed by atoms with van der Waals surface area (Å²) in [6.45, 7) is 1.71. The number of carboxylic acids is 1. The molecule has 1 atom stereocenters. The van der Waals surface area contributed by atoms with Crippen LogP contribution in [-0.2, 0) is 4.79 Å². The van der Waals surface area contributed by atoms with Crippen molar-refractivity contribution < 1.29 is 19.8 Å². The highest BCUT2D eigenvalue weighted by Gasteiger charge is 2.35. The Morgan fingerprint density at radius 2 is 2.00 bits per heavy atom. The second-order valence-electron chi connectivity index (χ2n) is 6.60. The first-order chi connectivity index (χ1) is 9.89. The number of hydrogen-bond donors (Lipinski definition) is 2. The Labute approximate surface area is 125 Å². The molecule has 6 nitrogen and oxygen atoms in total. The smallest absolute Gasteiger partial charge is 0.319 e. The van der Waals surface area contributed by atoms with Crippen molar-refractivity contribution >= 4 is 12.0 Å². The average Bonchev–Trinajstić information content (AvgIpc) is 3.04. The molecule has 0 bridgehead atoms. The van der Waals surface area contributed by atoms with Crippen LogP contribution < -0.4 is 0 Å². The van der Waals surface area contributed by atoms with E-state index >= 15 is 0 Å². The predicted octanol–water partition coefficient (Wildman–Crippen LogP) is 1.53. The number of nitrogens with zero attached hydrogens (tertiary/aromatic N) is 2. The van der Waals surface area contributed by atoms with Gasteiger partial charge in [0.15, 0.2) is 0 Å². The minimum atomic E-state index is -0.777. The maximum Gasteiger partial charge on any atom is 0.319 e. The second kappa shape index (κ2) is 6.64. The predicted molar refractivity (Wildman–Crippen MR) is 78.0 cm³/mol. The van der Waals surface area contributed by atoms with E-state index in [1.807, 2.05) is 0 Å². The SMILES string of the molecule is CN(CC1(O)CCCC1)C(=O)N1CCC(CCC(=O)O)C1. The van der Waals surface area contributed by atoms with Gasteiger partial charge in [0, 0.05) is 26.6 Å². The molecule has 120 valence electrons. The summed E-state index contributed by atoms with van der Waals surface area (Å²) in [5.74, 6) is -0.492. The number of hydrogen-bond acceptors (Lipinski definition) is 3. The summed E-state index contributed by atoms with van der Waals surface area (Å²) in [6.07, 6.45) is 5.27. The normalized spacial score (nSPS) is 24.3. The summed E-state index contributed by atoms with van der Waals surface area (Å²) in [4.78, 5) is 26.4. The van der Waals surface area contributed by atoms with E-state index in [-0.39, 0.29) is 18.4 Å². The van der Waals surface area contributed by atoms with Crippen molar-refractivity contribution in [3.8, 4) is 0 Å². The fraction of sp³-hybridized carbons (Fsp3) is 0.867. The third-order valence-corrected chi connectivity index (χ3v) is 4.72. The molecular weight excluding hydrogens is 272 g/mol. The highest BCUT2D eigenvalue weighted by atomic mass is 16.4. The molecule has 1 saturated carbocycles. The maximum atomic E-state index is 12.4. The van der Waals surface area contributed by atoms with Gasteiger partial charge in [-0.3, -0.25) is 4.79 Å². The molecule has 2 N–H and O–H groups in total. The average molecular weight is 298 g/mol. The van der Waals surface area contributed by atoms with E-state index in [2.05, 4.69) is 0 Å². The first-order valence-corrected chi connectivity index (χ1v) is 7.84. The molecule has 1 heterocycles. The number of carbonyl (C=O) groups excluding carboxylic acids is 1. The molecule has 0 aromatic carbocycles. The molecule has 2 fully saturated rings. The van der Waals surface area contributed by atoms with Crippen molar-refractivity contribution in [2.75, 3.05) is 26.7 Å². The van der Waals surface area contributed by atoms with Crippen LogP contribution in [0.25, 0.3) is 0 Å². The fourth-order valence-corrected chi connectivity index (χ4v) is 3.51. The summed E-state index contributed by atoms with van der Waals surface area (Å²) in [6, 6.07) is -0.0480. The standard InChI is InChI=1S/C15H26N2O4/c1-16(11-15(21)7-2-3-8-15)14(20)17-9-6-12(10-17)4-5-13(18)19/h12,21H,2-11H2,1H3,(H,18,19). The highest BCUT2D eigenvalue weighted by Crippen LogP contribution is 2.30. The van der Waals surface area contributed by atoms with Crippen LogP contribution in [0.15, 0.2) is 0 Å². The van der Waals surface area contributed by atoms with Crippen LogP contribution in [0.5, 0.6) is 0 Å². The maximum absolute atomic E-state index is 12.4. The van der Waals surface area contributed by atoms with E-state index < -0.39 is 11.6 Å². The summed E-state index contributed by atoms with van der Waals surface area (Å²) in [5.41, 5.74) is -0.715. The number of likely N-dealkylation sites (N-methyl/N-ethyl adjacent to an activating group) is 1. The van der Waals surface area contributed by atoms with Gasteiger partial charge in [-0.15, -0.1) is 0 Å². The molecule has 2 aliphatic rings. The molecule has 0 spiro atoms. The van der Waals surface area contributed by atoms with Crippen molar-refractivity contribution in [2.45, 2.75) is 50.5 Å². The second-order valence-corrected chi connectivity index (χ2v) is 6.60. The molecule has 1 saturated heterocycles. The summed E-state index contributed by atoms with van der Waals surface area (Å²) in [5, 5.41) is 19.1. The number of likely N-dealkylation sites (tertiary alicyclic amines) is 1. The van der Waals surface area contributed by atoms with Gasteiger partial charge in [-0.2, -0.15) is 0 Å². The van der Waals surface area contributed by atoms with Crippen LogP contribution >= 0.6 is 0 Å². The van der Waals surface area contributed by atoms with Crippen molar-refractivity contribution in [3.05, 3.63) is 0 Å². The Morgan fingerprint density at radius 1 is 1.33 bits per heavy atom. The van der Waals surface area contributed by atoms with Crippen LogP contribution in [0.4, 0.5) is 4.79 Å². The monoisotopic (exact) mass is 298 g/mol. The molecule has 0 aromatic rings. The quantitative estimate of drug-likeness (QED) is 0.806.